The van der Waals surface area contributed by atoms with Crippen molar-refractivity contribution in [2.24, 2.45) is 16.8 Å². The van der Waals surface area contributed by atoms with Gasteiger partial charge in [-0.1, -0.05) is 55.3 Å². The van der Waals surface area contributed by atoms with Gasteiger partial charge in [0.25, 0.3) is 5.91 Å². The topological polar surface area (TPSA) is 112 Å². The Labute approximate surface area is 294 Å². The lowest BCUT2D eigenvalue weighted by Crippen LogP contribution is -2.61. The molecule has 3 N–H and O–H groups in total. The van der Waals surface area contributed by atoms with Gasteiger partial charge in [-0.3, -0.25) is 19.4 Å². The van der Waals surface area contributed by atoms with Gasteiger partial charge in [0.2, 0.25) is 11.8 Å². The van der Waals surface area contributed by atoms with E-state index >= 15 is 0 Å². The number of carbonyl (C=O) groups excluding carboxylic acids is 3. The van der Waals surface area contributed by atoms with E-state index in [4.69, 9.17) is 9.73 Å². The van der Waals surface area contributed by atoms with Gasteiger partial charge in [0, 0.05) is 56.4 Å². The van der Waals surface area contributed by atoms with E-state index in [1.54, 1.807) is 0 Å². The molecule has 6 rings (SSSR count). The number of piperidine rings is 1. The monoisotopic (exact) mass is 685 g/mol. The van der Waals surface area contributed by atoms with Crippen LogP contribution in [0, 0.1) is 18.8 Å². The average Bonchev–Trinajstić information content (AvgIpc) is 3.78. The Hall–Kier alpha value is -3.76. The largest absolute Gasteiger partial charge is 0.381 e. The number of likely N-dealkylation sites (tertiary alicyclic amines) is 1. The number of hydrogen-bond acceptors (Lipinski definition) is 6. The minimum atomic E-state index is -1.05. The molecular formula is C39H51N5O4S. The molecule has 0 radical (unpaired) electrons. The number of amidine groups is 1. The predicted octanol–water partition coefficient (Wildman–Crippen LogP) is 5.65. The first kappa shape index (κ1) is 35.1. The lowest BCUT2D eigenvalue weighted by molar-refractivity contribution is -0.132. The molecule has 3 amide bonds. The van der Waals surface area contributed by atoms with Crippen molar-refractivity contribution in [1.29, 1.82) is 0 Å². The van der Waals surface area contributed by atoms with Crippen LogP contribution in [0.25, 0.3) is 10.1 Å². The number of carbonyl (C=O) groups is 3. The SMILES string of the molecule is CCN=C(C1CCOCC1)N1CCC(CNC(=O)[C@@H](Cc2ccccc2)NC(=O)C2(NC(=O)c3cc4ccc(C)cc4s3)CCCC2)CC1. The van der Waals surface area contributed by atoms with Crippen molar-refractivity contribution < 1.29 is 19.1 Å². The fraction of sp³-hybridized carbons (Fsp3) is 0.538. The van der Waals surface area contributed by atoms with Crippen molar-refractivity contribution in [3.63, 3.8) is 0 Å². The number of aliphatic imine (C=N–C) groups is 1. The van der Waals surface area contributed by atoms with Gasteiger partial charge in [0.15, 0.2) is 0 Å². The van der Waals surface area contributed by atoms with Crippen LogP contribution in [0.3, 0.4) is 0 Å². The summed E-state index contributed by atoms with van der Waals surface area (Å²) in [6, 6.07) is 17.1. The predicted molar refractivity (Wildman–Crippen MR) is 196 cm³/mol. The summed E-state index contributed by atoms with van der Waals surface area (Å²) in [6.45, 7) is 8.96. The Morgan fingerprint density at radius 1 is 1.00 bits per heavy atom. The van der Waals surface area contributed by atoms with E-state index in [1.165, 1.54) is 17.2 Å². The highest BCUT2D eigenvalue weighted by molar-refractivity contribution is 7.20. The smallest absolute Gasteiger partial charge is 0.262 e. The fourth-order valence-corrected chi connectivity index (χ4v) is 8.67. The molecule has 3 aromatic rings. The molecule has 0 spiro atoms. The summed E-state index contributed by atoms with van der Waals surface area (Å²) in [5.41, 5.74) is 1.06. The van der Waals surface area contributed by atoms with Crippen molar-refractivity contribution >= 4 is 45.0 Å². The number of ether oxygens (including phenoxy) is 1. The summed E-state index contributed by atoms with van der Waals surface area (Å²) in [6.07, 6.45) is 7.16. The van der Waals surface area contributed by atoms with Crippen LogP contribution >= 0.6 is 11.3 Å². The van der Waals surface area contributed by atoms with Crippen LogP contribution in [0.2, 0.25) is 0 Å². The third-order valence-electron chi connectivity index (χ3n) is 10.5. The zero-order valence-electron chi connectivity index (χ0n) is 29.0. The summed E-state index contributed by atoms with van der Waals surface area (Å²) in [4.78, 5) is 49.5. The van der Waals surface area contributed by atoms with Gasteiger partial charge < -0.3 is 25.6 Å². The average molecular weight is 686 g/mol. The number of thiophene rings is 1. The molecule has 49 heavy (non-hydrogen) atoms. The quantitative estimate of drug-likeness (QED) is 0.178. The standard InChI is InChI=1S/C39H51N5O4S/c1-3-40-35(30-15-21-48-22-16-30)44-19-13-29(14-20-44)26-41-36(45)32(24-28-9-5-4-6-10-28)42-38(47)39(17-7-8-18-39)43-37(46)34-25-31-12-11-27(2)23-33(31)49-34/h4-6,9-12,23,25,29-30,32H,3,7-8,13-22,24,26H2,1-2H3,(H,41,45)(H,42,47)(H,43,46)/t32-/m1/s1. The first-order chi connectivity index (χ1) is 23.8. The summed E-state index contributed by atoms with van der Waals surface area (Å²) in [5.74, 6) is 1.35. The number of nitrogens with zero attached hydrogens (tertiary/aromatic N) is 2. The molecule has 1 atom stereocenters. The maximum atomic E-state index is 14.1. The van der Waals surface area contributed by atoms with Crippen LogP contribution in [-0.2, 0) is 20.7 Å². The van der Waals surface area contributed by atoms with Gasteiger partial charge in [0.1, 0.15) is 17.4 Å². The molecule has 1 aromatic heterocycles. The molecular weight excluding hydrogens is 635 g/mol. The van der Waals surface area contributed by atoms with E-state index in [2.05, 4.69) is 33.8 Å². The molecule has 262 valence electrons. The van der Waals surface area contributed by atoms with Gasteiger partial charge >= 0.3 is 0 Å². The normalized spacial score (nSPS) is 19.5. The second-order valence-corrected chi connectivity index (χ2v) is 15.1. The number of amides is 3. The molecule has 2 aliphatic heterocycles. The summed E-state index contributed by atoms with van der Waals surface area (Å²) in [5, 5.41) is 10.4. The minimum Gasteiger partial charge on any atom is -0.381 e. The second kappa shape index (κ2) is 16.3. The van der Waals surface area contributed by atoms with Crippen molar-refractivity contribution in [2.45, 2.75) is 83.2 Å². The Kier molecular flexibility index (Phi) is 11.7. The number of rotatable bonds is 11. The summed E-state index contributed by atoms with van der Waals surface area (Å²) in [7, 11) is 0. The third-order valence-corrected chi connectivity index (χ3v) is 11.6. The van der Waals surface area contributed by atoms with Crippen LogP contribution in [0.1, 0.15) is 79.1 Å². The third kappa shape index (κ3) is 8.70. The number of aryl methyl sites for hydroxylation is 1. The number of benzene rings is 2. The number of nitrogens with one attached hydrogen (secondary N) is 3. The molecule has 3 fully saturated rings. The Bertz CT molecular complexity index is 1620. The molecule has 10 heteroatoms. The maximum Gasteiger partial charge on any atom is 0.262 e. The summed E-state index contributed by atoms with van der Waals surface area (Å²) < 4.78 is 6.64. The summed E-state index contributed by atoms with van der Waals surface area (Å²) >= 11 is 1.44. The van der Waals surface area contributed by atoms with Crippen molar-refractivity contribution in [2.75, 3.05) is 39.4 Å². The Morgan fingerprint density at radius 2 is 1.73 bits per heavy atom. The molecule has 2 aromatic carbocycles. The van der Waals surface area contributed by atoms with Gasteiger partial charge in [-0.15, -0.1) is 11.3 Å². The molecule has 3 aliphatic rings. The van der Waals surface area contributed by atoms with E-state index in [0.29, 0.717) is 42.5 Å². The van der Waals surface area contributed by atoms with Gasteiger partial charge in [-0.2, -0.15) is 0 Å². The maximum absolute atomic E-state index is 14.1. The van der Waals surface area contributed by atoms with Crippen LogP contribution in [-0.4, -0.2) is 79.4 Å². The second-order valence-electron chi connectivity index (χ2n) is 14.0. The fourth-order valence-electron chi connectivity index (χ4n) is 7.61. The lowest BCUT2D eigenvalue weighted by Gasteiger charge is -2.38. The number of fused-ring (bicyclic) bond motifs is 1. The van der Waals surface area contributed by atoms with Crippen LogP contribution in [0.15, 0.2) is 59.6 Å². The molecule has 1 saturated carbocycles. The number of hydrogen-bond donors (Lipinski definition) is 3. The van der Waals surface area contributed by atoms with E-state index in [-0.39, 0.29) is 17.7 Å². The van der Waals surface area contributed by atoms with Crippen molar-refractivity contribution in [3.8, 4) is 0 Å². The van der Waals surface area contributed by atoms with Crippen LogP contribution < -0.4 is 16.0 Å². The Morgan fingerprint density at radius 3 is 2.45 bits per heavy atom. The lowest BCUT2D eigenvalue weighted by atomic mass is 9.92. The molecule has 1 aliphatic carbocycles. The van der Waals surface area contributed by atoms with Gasteiger partial charge in [-0.25, -0.2) is 0 Å². The van der Waals surface area contributed by atoms with E-state index < -0.39 is 11.6 Å². The molecule has 0 bridgehead atoms. The highest BCUT2D eigenvalue weighted by atomic mass is 32.1. The van der Waals surface area contributed by atoms with Crippen LogP contribution in [0.4, 0.5) is 0 Å². The van der Waals surface area contributed by atoms with E-state index in [0.717, 1.165) is 92.6 Å². The highest BCUT2D eigenvalue weighted by Gasteiger charge is 2.44. The van der Waals surface area contributed by atoms with E-state index in [1.807, 2.05) is 55.5 Å². The van der Waals surface area contributed by atoms with E-state index in [9.17, 15) is 14.4 Å². The van der Waals surface area contributed by atoms with Gasteiger partial charge in [0.05, 0.1) is 4.88 Å². The molecule has 9 nitrogen and oxygen atoms in total. The van der Waals surface area contributed by atoms with Crippen molar-refractivity contribution in [3.05, 3.63) is 70.6 Å². The van der Waals surface area contributed by atoms with Crippen molar-refractivity contribution in [1.82, 2.24) is 20.9 Å². The van der Waals surface area contributed by atoms with Gasteiger partial charge in [-0.05, 0) is 86.9 Å². The first-order valence-electron chi connectivity index (χ1n) is 18.2. The highest BCUT2D eigenvalue weighted by Crippen LogP contribution is 2.33. The zero-order valence-corrected chi connectivity index (χ0v) is 29.8. The Balaban J connectivity index is 1.09. The molecule has 2 saturated heterocycles. The minimum absolute atomic E-state index is 0.186. The van der Waals surface area contributed by atoms with Crippen LogP contribution in [0.5, 0.6) is 0 Å². The molecule has 0 unspecified atom stereocenters. The zero-order chi connectivity index (χ0) is 34.2. The molecule has 3 heterocycles. The first-order valence-corrected chi connectivity index (χ1v) is 19.0.